The van der Waals surface area contributed by atoms with E-state index < -0.39 is 0 Å². The molecule has 2 rings (SSSR count). The van der Waals surface area contributed by atoms with E-state index in [1.165, 1.54) is 24.0 Å². The average molecular weight is 334 g/mol. The molecule has 5 nitrogen and oxygen atoms in total. The van der Waals surface area contributed by atoms with Crippen LogP contribution in [0.4, 0.5) is 0 Å². The first kappa shape index (κ1) is 17.4. The Bertz CT molecular complexity index is 787. The van der Waals surface area contributed by atoms with Crippen LogP contribution in [0, 0.1) is 0 Å². The first-order chi connectivity index (χ1) is 11.0. The number of hydrogen-bond donors (Lipinski definition) is 0. The second kappa shape index (κ2) is 7.55. The van der Waals surface area contributed by atoms with Crippen LogP contribution in [0.3, 0.4) is 0 Å². The first-order valence-electron chi connectivity index (χ1n) is 7.74. The number of hydrogen-bond acceptors (Lipinski definition) is 4. The van der Waals surface area contributed by atoms with Crippen LogP contribution in [0.2, 0.25) is 0 Å². The van der Waals surface area contributed by atoms with Crippen LogP contribution in [0.25, 0.3) is 10.2 Å². The number of ether oxygens (including phenoxy) is 1. The van der Waals surface area contributed by atoms with E-state index in [2.05, 4.69) is 24.9 Å². The summed E-state index contributed by atoms with van der Waals surface area (Å²) in [6.45, 7) is 6.26. The highest BCUT2D eigenvalue weighted by atomic mass is 32.1. The summed E-state index contributed by atoms with van der Waals surface area (Å²) in [6.07, 6.45) is 1.16. The lowest BCUT2D eigenvalue weighted by Gasteiger charge is -2.06. The summed E-state index contributed by atoms with van der Waals surface area (Å²) < 4.78 is 7.53. The number of benzene rings is 1. The minimum absolute atomic E-state index is 0.0514. The third kappa shape index (κ3) is 4.07. The number of nitrogens with zero attached hydrogens (tertiary/aromatic N) is 2. The summed E-state index contributed by atoms with van der Waals surface area (Å²) in [7, 11) is 1.35. The van der Waals surface area contributed by atoms with Crippen LogP contribution in [0.5, 0.6) is 0 Å². The van der Waals surface area contributed by atoms with Crippen molar-refractivity contribution in [2.75, 3.05) is 7.11 Å². The highest BCUT2D eigenvalue weighted by Crippen LogP contribution is 2.23. The van der Waals surface area contributed by atoms with Gasteiger partial charge >= 0.3 is 5.97 Å². The second-order valence-corrected chi connectivity index (χ2v) is 6.69. The molecule has 0 fully saturated rings. The maximum absolute atomic E-state index is 11.9. The van der Waals surface area contributed by atoms with Gasteiger partial charge in [-0.1, -0.05) is 38.2 Å². The zero-order valence-corrected chi connectivity index (χ0v) is 14.8. The predicted molar refractivity (Wildman–Crippen MR) is 91.4 cm³/mol. The van der Waals surface area contributed by atoms with Gasteiger partial charge in [0.15, 0.2) is 4.80 Å². The van der Waals surface area contributed by atoms with Crippen LogP contribution >= 0.6 is 11.3 Å². The Morgan fingerprint density at radius 3 is 2.70 bits per heavy atom. The van der Waals surface area contributed by atoms with Gasteiger partial charge in [0.05, 0.1) is 17.3 Å². The van der Waals surface area contributed by atoms with Gasteiger partial charge in [0.25, 0.3) is 0 Å². The number of methoxy groups -OCH3 is 1. The quantitative estimate of drug-likeness (QED) is 0.789. The van der Waals surface area contributed by atoms with E-state index in [-0.39, 0.29) is 18.4 Å². The van der Waals surface area contributed by atoms with Crippen LogP contribution in [0.1, 0.15) is 45.1 Å². The van der Waals surface area contributed by atoms with E-state index >= 15 is 0 Å². The molecule has 2 aromatic rings. The molecule has 23 heavy (non-hydrogen) atoms. The molecule has 124 valence electrons. The molecule has 6 heteroatoms. The van der Waals surface area contributed by atoms with Gasteiger partial charge in [-0.25, -0.2) is 0 Å². The Labute approximate surface area is 139 Å². The number of thiazole rings is 1. The average Bonchev–Trinajstić information content (AvgIpc) is 2.84. The Morgan fingerprint density at radius 2 is 2.09 bits per heavy atom. The van der Waals surface area contributed by atoms with Crippen molar-refractivity contribution < 1.29 is 14.3 Å². The Balaban J connectivity index is 2.60. The molecule has 0 spiro atoms. The highest BCUT2D eigenvalue weighted by Gasteiger charge is 2.12. The van der Waals surface area contributed by atoms with E-state index in [1.54, 1.807) is 4.57 Å². The number of amides is 1. The van der Waals surface area contributed by atoms with Crippen LogP contribution < -0.4 is 4.80 Å². The van der Waals surface area contributed by atoms with E-state index in [0.717, 1.165) is 16.6 Å². The van der Waals surface area contributed by atoms with Crippen molar-refractivity contribution in [1.29, 1.82) is 0 Å². The summed E-state index contributed by atoms with van der Waals surface area (Å²) >= 11 is 1.43. The molecular formula is C17H22N2O3S. The smallest absolute Gasteiger partial charge is 0.325 e. The van der Waals surface area contributed by atoms with Crippen molar-refractivity contribution >= 4 is 33.4 Å². The van der Waals surface area contributed by atoms with Gasteiger partial charge in [-0.2, -0.15) is 4.99 Å². The molecule has 0 aliphatic heterocycles. The number of carbonyl (C=O) groups excluding carboxylic acids is 2. The van der Waals surface area contributed by atoms with E-state index in [9.17, 15) is 9.59 Å². The molecule has 0 aliphatic rings. The SMILES string of the molecule is CCCC(=O)N=c1sc2cc(C(C)C)ccc2n1CC(=O)OC. The minimum Gasteiger partial charge on any atom is -0.468 e. The Morgan fingerprint density at radius 1 is 1.35 bits per heavy atom. The lowest BCUT2D eigenvalue weighted by molar-refractivity contribution is -0.141. The summed E-state index contributed by atoms with van der Waals surface area (Å²) in [4.78, 5) is 28.3. The Kier molecular flexibility index (Phi) is 5.71. The van der Waals surface area contributed by atoms with Gasteiger partial charge in [-0.05, 0) is 30.0 Å². The zero-order chi connectivity index (χ0) is 17.0. The van der Waals surface area contributed by atoms with Crippen molar-refractivity contribution in [2.24, 2.45) is 4.99 Å². The maximum atomic E-state index is 11.9. The molecule has 1 aromatic carbocycles. The third-order valence-electron chi connectivity index (χ3n) is 3.57. The third-order valence-corrected chi connectivity index (χ3v) is 4.61. The first-order valence-corrected chi connectivity index (χ1v) is 8.55. The molecule has 0 bridgehead atoms. The predicted octanol–water partition coefficient (Wildman–Crippen LogP) is 3.23. The van der Waals surface area contributed by atoms with Gasteiger partial charge in [0.1, 0.15) is 6.54 Å². The molecule has 0 radical (unpaired) electrons. The van der Waals surface area contributed by atoms with Crippen molar-refractivity contribution in [1.82, 2.24) is 4.57 Å². The number of esters is 1. The topological polar surface area (TPSA) is 60.7 Å². The molecule has 1 aromatic heterocycles. The fraction of sp³-hybridized carbons (Fsp3) is 0.471. The second-order valence-electron chi connectivity index (χ2n) is 5.68. The molecular weight excluding hydrogens is 312 g/mol. The van der Waals surface area contributed by atoms with Crippen LogP contribution in [0.15, 0.2) is 23.2 Å². The maximum Gasteiger partial charge on any atom is 0.325 e. The van der Waals surface area contributed by atoms with Gasteiger partial charge in [-0.3, -0.25) is 9.59 Å². The molecule has 0 saturated heterocycles. The molecule has 0 aliphatic carbocycles. The van der Waals surface area contributed by atoms with E-state index in [1.807, 2.05) is 19.1 Å². The van der Waals surface area contributed by atoms with Crippen molar-refractivity contribution in [2.45, 2.75) is 46.1 Å². The van der Waals surface area contributed by atoms with Gasteiger partial charge in [0.2, 0.25) is 5.91 Å². The standard InChI is InChI=1S/C17H22N2O3S/c1-5-6-15(20)18-17-19(10-16(21)22-4)13-8-7-12(11(2)3)9-14(13)23-17/h7-9,11H,5-6,10H2,1-4H3. The van der Waals surface area contributed by atoms with Gasteiger partial charge in [-0.15, -0.1) is 0 Å². The van der Waals surface area contributed by atoms with Crippen LogP contribution in [-0.4, -0.2) is 23.6 Å². The number of fused-ring (bicyclic) bond motifs is 1. The fourth-order valence-corrected chi connectivity index (χ4v) is 3.35. The monoisotopic (exact) mass is 334 g/mol. The number of carbonyl (C=O) groups is 2. The summed E-state index contributed by atoms with van der Waals surface area (Å²) in [5.74, 6) is -0.110. The minimum atomic E-state index is -0.359. The molecule has 0 atom stereocenters. The summed E-state index contributed by atoms with van der Waals surface area (Å²) in [6, 6.07) is 6.13. The van der Waals surface area contributed by atoms with Crippen LogP contribution in [-0.2, 0) is 20.9 Å². The molecule has 0 unspecified atom stereocenters. The van der Waals surface area contributed by atoms with Crippen molar-refractivity contribution in [3.05, 3.63) is 28.6 Å². The lowest BCUT2D eigenvalue weighted by atomic mass is 10.0. The fourth-order valence-electron chi connectivity index (χ4n) is 2.26. The van der Waals surface area contributed by atoms with Crippen molar-refractivity contribution in [3.8, 4) is 0 Å². The van der Waals surface area contributed by atoms with Gasteiger partial charge < -0.3 is 9.30 Å². The summed E-state index contributed by atoms with van der Waals surface area (Å²) in [5.41, 5.74) is 2.11. The van der Waals surface area contributed by atoms with E-state index in [4.69, 9.17) is 4.74 Å². The molecule has 0 saturated carbocycles. The summed E-state index contributed by atoms with van der Waals surface area (Å²) in [5, 5.41) is 0. The van der Waals surface area contributed by atoms with Crippen molar-refractivity contribution in [3.63, 3.8) is 0 Å². The highest BCUT2D eigenvalue weighted by molar-refractivity contribution is 7.16. The number of aromatic nitrogens is 1. The molecule has 1 amide bonds. The largest absolute Gasteiger partial charge is 0.468 e. The lowest BCUT2D eigenvalue weighted by Crippen LogP contribution is -2.22. The zero-order valence-electron chi connectivity index (χ0n) is 14.0. The molecule has 0 N–H and O–H groups in total. The van der Waals surface area contributed by atoms with Gasteiger partial charge in [0, 0.05) is 6.42 Å². The molecule has 1 heterocycles. The number of rotatable bonds is 5. The Hall–Kier alpha value is -1.95. The normalized spacial score (nSPS) is 12.1. The van der Waals surface area contributed by atoms with E-state index in [0.29, 0.717) is 17.1 Å².